The van der Waals surface area contributed by atoms with E-state index >= 15 is 0 Å². The van der Waals surface area contributed by atoms with Gasteiger partial charge in [0.1, 0.15) is 11.4 Å². The zero-order chi connectivity index (χ0) is 23.3. The lowest BCUT2D eigenvalue weighted by atomic mass is 9.90. The van der Waals surface area contributed by atoms with E-state index in [1.807, 2.05) is 40.0 Å². The van der Waals surface area contributed by atoms with E-state index in [-0.39, 0.29) is 12.1 Å². The maximum atomic E-state index is 13.2. The summed E-state index contributed by atoms with van der Waals surface area (Å²) in [7, 11) is 3.49. The van der Waals surface area contributed by atoms with Crippen LogP contribution in [0.3, 0.4) is 0 Å². The molecule has 1 aromatic carbocycles. The molecule has 0 unspecified atom stereocenters. The Labute approximate surface area is 190 Å². The molecule has 1 aliphatic carbocycles. The van der Waals surface area contributed by atoms with E-state index in [0.29, 0.717) is 12.6 Å². The van der Waals surface area contributed by atoms with Crippen LogP contribution in [0.15, 0.2) is 36.5 Å². The Morgan fingerprint density at radius 2 is 1.84 bits per heavy atom. The Hall–Kier alpha value is -2.67. The number of hydrogen-bond donors (Lipinski definition) is 1. The Morgan fingerprint density at radius 3 is 2.44 bits per heavy atom. The van der Waals surface area contributed by atoms with Crippen molar-refractivity contribution in [3.8, 4) is 16.9 Å². The third-order valence-electron chi connectivity index (χ3n) is 5.85. The molecule has 0 saturated heterocycles. The molecular weight excluding hydrogens is 409 g/mol. The van der Waals surface area contributed by atoms with Gasteiger partial charge in [-0.2, -0.15) is 4.39 Å². The molecule has 0 radical (unpaired) electrons. The summed E-state index contributed by atoms with van der Waals surface area (Å²) >= 11 is 0. The van der Waals surface area contributed by atoms with Crippen molar-refractivity contribution in [2.75, 3.05) is 14.2 Å². The van der Waals surface area contributed by atoms with Gasteiger partial charge in [-0.3, -0.25) is 0 Å². The first kappa shape index (κ1) is 24.0. The van der Waals surface area contributed by atoms with Crippen LogP contribution >= 0.6 is 0 Å². The van der Waals surface area contributed by atoms with Crippen LogP contribution in [-0.4, -0.2) is 47.8 Å². The molecule has 0 atom stereocenters. The molecule has 1 aliphatic rings. The van der Waals surface area contributed by atoms with Gasteiger partial charge < -0.3 is 19.7 Å². The molecule has 0 spiro atoms. The lowest BCUT2D eigenvalue weighted by Gasteiger charge is -2.35. The van der Waals surface area contributed by atoms with Crippen LogP contribution in [0.5, 0.6) is 5.75 Å². The number of pyridine rings is 1. The predicted molar refractivity (Wildman–Crippen MR) is 123 cm³/mol. The summed E-state index contributed by atoms with van der Waals surface area (Å²) in [6.07, 6.45) is 5.13. The fourth-order valence-corrected chi connectivity index (χ4v) is 4.05. The van der Waals surface area contributed by atoms with Crippen molar-refractivity contribution in [1.29, 1.82) is 0 Å². The average Bonchev–Trinajstić information content (AvgIpc) is 2.76. The predicted octanol–water partition coefficient (Wildman–Crippen LogP) is 5.16. The number of nitrogens with zero attached hydrogens (tertiary/aromatic N) is 2. The minimum Gasteiger partial charge on any atom is -0.496 e. The topological polar surface area (TPSA) is 63.7 Å². The molecule has 3 rings (SSSR count). The second kappa shape index (κ2) is 10.3. The highest BCUT2D eigenvalue weighted by Gasteiger charge is 2.29. The standard InChI is InChI=1S/C25H34FN3O3/c1-25(2,3)32-24(30)29(4)21-10-8-20(9-11-21)27-16-19-14-17(6-12-22(19)31-5)18-7-13-23(26)28-15-18/h6-7,12-15,20-21,27H,8-11,16H2,1-5H3. The zero-order valence-corrected chi connectivity index (χ0v) is 19.7. The summed E-state index contributed by atoms with van der Waals surface area (Å²) < 4.78 is 24.2. The third-order valence-corrected chi connectivity index (χ3v) is 5.85. The summed E-state index contributed by atoms with van der Waals surface area (Å²) in [4.78, 5) is 17.8. The number of hydrogen-bond acceptors (Lipinski definition) is 5. The number of rotatable bonds is 6. The van der Waals surface area contributed by atoms with Gasteiger partial charge in [0, 0.05) is 43.0 Å². The molecular formula is C25H34FN3O3. The Bertz CT molecular complexity index is 904. The second-order valence-corrected chi connectivity index (χ2v) is 9.37. The maximum Gasteiger partial charge on any atom is 0.410 e. The average molecular weight is 444 g/mol. The number of carbonyl (C=O) groups is 1. The van der Waals surface area contributed by atoms with Crippen molar-refractivity contribution in [3.63, 3.8) is 0 Å². The normalized spacial score (nSPS) is 18.8. The van der Waals surface area contributed by atoms with Crippen molar-refractivity contribution in [2.24, 2.45) is 0 Å². The minimum atomic E-state index is -0.489. The molecule has 1 saturated carbocycles. The van der Waals surface area contributed by atoms with Crippen molar-refractivity contribution in [1.82, 2.24) is 15.2 Å². The number of methoxy groups -OCH3 is 1. The Kier molecular flexibility index (Phi) is 7.72. The number of amides is 1. The molecule has 1 heterocycles. The number of ether oxygens (including phenoxy) is 2. The minimum absolute atomic E-state index is 0.201. The second-order valence-electron chi connectivity index (χ2n) is 9.37. The van der Waals surface area contributed by atoms with E-state index in [2.05, 4.69) is 16.4 Å². The van der Waals surface area contributed by atoms with Crippen molar-refractivity contribution in [2.45, 2.75) is 70.7 Å². The first-order valence-electron chi connectivity index (χ1n) is 11.1. The van der Waals surface area contributed by atoms with E-state index in [9.17, 15) is 9.18 Å². The summed E-state index contributed by atoms with van der Waals surface area (Å²) in [5.74, 6) is 0.326. The van der Waals surface area contributed by atoms with Crippen LogP contribution in [0.1, 0.15) is 52.0 Å². The van der Waals surface area contributed by atoms with Gasteiger partial charge in [0.15, 0.2) is 0 Å². The summed E-state index contributed by atoms with van der Waals surface area (Å²) in [6, 6.07) is 9.61. The van der Waals surface area contributed by atoms with E-state index in [1.54, 1.807) is 18.1 Å². The molecule has 174 valence electrons. The van der Waals surface area contributed by atoms with Gasteiger partial charge in [-0.1, -0.05) is 6.07 Å². The molecule has 2 aromatic rings. The molecule has 32 heavy (non-hydrogen) atoms. The molecule has 7 heteroatoms. The van der Waals surface area contributed by atoms with Crippen LogP contribution in [0.25, 0.3) is 11.1 Å². The molecule has 1 fully saturated rings. The number of halogens is 1. The molecule has 6 nitrogen and oxygen atoms in total. The Balaban J connectivity index is 1.56. The van der Waals surface area contributed by atoms with Crippen molar-refractivity contribution >= 4 is 6.09 Å². The monoisotopic (exact) mass is 443 g/mol. The van der Waals surface area contributed by atoms with E-state index in [4.69, 9.17) is 9.47 Å². The van der Waals surface area contributed by atoms with E-state index in [0.717, 1.165) is 48.1 Å². The highest BCUT2D eigenvalue weighted by atomic mass is 19.1. The van der Waals surface area contributed by atoms with Crippen LogP contribution in [0.2, 0.25) is 0 Å². The quantitative estimate of drug-likeness (QED) is 0.625. The SMILES string of the molecule is COc1ccc(-c2ccc(F)nc2)cc1CNC1CCC(N(C)C(=O)OC(C)(C)C)CC1. The number of carbonyl (C=O) groups excluding carboxylic acids is 1. The van der Waals surface area contributed by atoms with Gasteiger partial charge in [-0.15, -0.1) is 0 Å². The van der Waals surface area contributed by atoms with Gasteiger partial charge in [-0.25, -0.2) is 9.78 Å². The molecule has 1 amide bonds. The highest BCUT2D eigenvalue weighted by Crippen LogP contribution is 2.28. The lowest BCUT2D eigenvalue weighted by Crippen LogP contribution is -2.44. The fraction of sp³-hybridized carbons (Fsp3) is 0.520. The van der Waals surface area contributed by atoms with Crippen LogP contribution < -0.4 is 10.1 Å². The summed E-state index contributed by atoms with van der Waals surface area (Å²) in [6.45, 7) is 6.32. The fourth-order valence-electron chi connectivity index (χ4n) is 4.05. The van der Waals surface area contributed by atoms with Gasteiger partial charge in [-0.05, 0) is 76.3 Å². The zero-order valence-electron chi connectivity index (χ0n) is 19.7. The molecule has 1 N–H and O–H groups in total. The third kappa shape index (κ3) is 6.42. The van der Waals surface area contributed by atoms with Crippen molar-refractivity contribution in [3.05, 3.63) is 48.0 Å². The largest absolute Gasteiger partial charge is 0.496 e. The van der Waals surface area contributed by atoms with Crippen LogP contribution in [0, 0.1) is 5.95 Å². The van der Waals surface area contributed by atoms with Gasteiger partial charge >= 0.3 is 6.09 Å². The molecule has 0 bridgehead atoms. The van der Waals surface area contributed by atoms with Crippen LogP contribution in [-0.2, 0) is 11.3 Å². The number of benzene rings is 1. The van der Waals surface area contributed by atoms with Gasteiger partial charge in [0.2, 0.25) is 5.95 Å². The summed E-state index contributed by atoms with van der Waals surface area (Å²) in [5.41, 5.74) is 2.39. The number of aromatic nitrogens is 1. The van der Waals surface area contributed by atoms with Crippen molar-refractivity contribution < 1.29 is 18.7 Å². The maximum absolute atomic E-state index is 13.2. The molecule has 0 aliphatic heterocycles. The van der Waals surface area contributed by atoms with Crippen LogP contribution in [0.4, 0.5) is 9.18 Å². The van der Waals surface area contributed by atoms with Gasteiger partial charge in [0.05, 0.1) is 7.11 Å². The lowest BCUT2D eigenvalue weighted by molar-refractivity contribution is 0.0179. The highest BCUT2D eigenvalue weighted by molar-refractivity contribution is 5.68. The first-order valence-corrected chi connectivity index (χ1v) is 11.1. The summed E-state index contributed by atoms with van der Waals surface area (Å²) in [5, 5.41) is 3.64. The Morgan fingerprint density at radius 1 is 1.16 bits per heavy atom. The smallest absolute Gasteiger partial charge is 0.410 e. The van der Waals surface area contributed by atoms with Gasteiger partial charge in [0.25, 0.3) is 0 Å². The number of nitrogens with one attached hydrogen (secondary N) is 1. The molecule has 1 aromatic heterocycles. The van der Waals surface area contributed by atoms with E-state index in [1.165, 1.54) is 12.3 Å². The van der Waals surface area contributed by atoms with E-state index < -0.39 is 11.5 Å². The first-order chi connectivity index (χ1) is 15.2.